The number of rotatable bonds is 6. The van der Waals surface area contributed by atoms with Crippen LogP contribution in [0.15, 0.2) is 24.3 Å². The minimum Gasteiger partial charge on any atom is -0.369 e. The van der Waals surface area contributed by atoms with Crippen LogP contribution in [0.25, 0.3) is 0 Å². The Hall–Kier alpha value is -1.58. The van der Waals surface area contributed by atoms with E-state index in [2.05, 4.69) is 11.9 Å². The van der Waals surface area contributed by atoms with E-state index in [1.54, 1.807) is 6.08 Å². The molecule has 4 heteroatoms. The molecule has 2 amide bonds. The molecule has 1 rings (SSSR count). The van der Waals surface area contributed by atoms with Gasteiger partial charge in [-0.2, -0.15) is 0 Å². The highest BCUT2D eigenvalue weighted by Crippen LogP contribution is 2.29. The van der Waals surface area contributed by atoms with Crippen molar-refractivity contribution in [3.63, 3.8) is 0 Å². The Morgan fingerprint density at radius 3 is 2.33 bits per heavy atom. The van der Waals surface area contributed by atoms with E-state index in [1.165, 1.54) is 12.8 Å². The fraction of sp³-hybridized carbons (Fsp3) is 0.647. The molecule has 1 saturated carbocycles. The van der Waals surface area contributed by atoms with E-state index in [4.69, 9.17) is 5.73 Å². The Morgan fingerprint density at radius 1 is 1.33 bits per heavy atom. The van der Waals surface area contributed by atoms with E-state index in [1.807, 2.05) is 26.8 Å². The normalized spacial score (nSPS) is 18.3. The summed E-state index contributed by atoms with van der Waals surface area (Å²) in [5, 5.41) is 2.94. The highest BCUT2D eigenvalue weighted by molar-refractivity contribution is 6.00. The zero-order chi connectivity index (χ0) is 16.0. The number of primary amides is 1. The Bertz CT molecular complexity index is 427. The maximum atomic E-state index is 12.5. The summed E-state index contributed by atoms with van der Waals surface area (Å²) < 4.78 is 0. The van der Waals surface area contributed by atoms with Gasteiger partial charge in [-0.15, -0.1) is 6.58 Å². The van der Waals surface area contributed by atoms with Gasteiger partial charge in [-0.05, 0) is 46.0 Å². The molecule has 0 heterocycles. The molecule has 0 aromatic heterocycles. The van der Waals surface area contributed by atoms with E-state index < -0.39 is 11.8 Å². The first-order chi connectivity index (χ1) is 9.74. The molecule has 21 heavy (non-hydrogen) atoms. The molecule has 3 N–H and O–H groups in total. The Morgan fingerprint density at radius 2 is 1.90 bits per heavy atom. The van der Waals surface area contributed by atoms with E-state index in [9.17, 15) is 9.59 Å². The van der Waals surface area contributed by atoms with Crippen molar-refractivity contribution in [2.45, 2.75) is 58.4 Å². The summed E-state index contributed by atoms with van der Waals surface area (Å²) in [6.45, 7) is 9.43. The summed E-state index contributed by atoms with van der Waals surface area (Å²) in [6.07, 6.45) is 8.51. The molecule has 0 aromatic carbocycles. The fourth-order valence-electron chi connectivity index (χ4n) is 2.70. The second kappa shape index (κ2) is 7.43. The van der Waals surface area contributed by atoms with Gasteiger partial charge in [0, 0.05) is 11.1 Å². The molecule has 0 unspecified atom stereocenters. The number of hydrogen-bond acceptors (Lipinski definition) is 2. The molecule has 4 nitrogen and oxygen atoms in total. The first-order valence-corrected chi connectivity index (χ1v) is 7.69. The van der Waals surface area contributed by atoms with Crippen LogP contribution in [0.3, 0.4) is 0 Å². The lowest BCUT2D eigenvalue weighted by atomic mass is 9.89. The van der Waals surface area contributed by atoms with E-state index in [0.717, 1.165) is 12.8 Å². The van der Waals surface area contributed by atoms with E-state index in [0.29, 0.717) is 17.9 Å². The van der Waals surface area contributed by atoms with Crippen molar-refractivity contribution in [2.75, 3.05) is 0 Å². The lowest BCUT2D eigenvalue weighted by molar-refractivity contribution is -0.125. The van der Waals surface area contributed by atoms with Crippen LogP contribution in [0.2, 0.25) is 0 Å². The van der Waals surface area contributed by atoms with Crippen molar-refractivity contribution >= 4 is 11.8 Å². The molecule has 0 spiro atoms. The first-order valence-electron chi connectivity index (χ1n) is 7.69. The minimum atomic E-state index is -0.592. The van der Waals surface area contributed by atoms with Gasteiger partial charge in [0.2, 0.25) is 11.8 Å². The SMILES string of the molecule is C=CC[C@H](C(N)=O)/C(=C/C1CCCC1)C(=O)NC(C)(C)C. The van der Waals surface area contributed by atoms with Crippen molar-refractivity contribution in [1.29, 1.82) is 0 Å². The number of carbonyl (C=O) groups is 2. The molecule has 0 radical (unpaired) electrons. The van der Waals surface area contributed by atoms with Crippen LogP contribution in [0.4, 0.5) is 0 Å². The maximum absolute atomic E-state index is 12.5. The quantitative estimate of drug-likeness (QED) is 0.583. The third-order valence-corrected chi connectivity index (χ3v) is 3.69. The molecule has 0 bridgehead atoms. The number of allylic oxidation sites excluding steroid dienone is 2. The zero-order valence-corrected chi connectivity index (χ0v) is 13.4. The summed E-state index contributed by atoms with van der Waals surface area (Å²) in [7, 11) is 0. The van der Waals surface area contributed by atoms with Gasteiger partial charge in [-0.1, -0.05) is 25.0 Å². The van der Waals surface area contributed by atoms with Gasteiger partial charge in [0.15, 0.2) is 0 Å². The highest BCUT2D eigenvalue weighted by Gasteiger charge is 2.28. The zero-order valence-electron chi connectivity index (χ0n) is 13.4. The van der Waals surface area contributed by atoms with Crippen molar-refractivity contribution < 1.29 is 9.59 Å². The molecule has 118 valence electrons. The smallest absolute Gasteiger partial charge is 0.248 e. The van der Waals surface area contributed by atoms with E-state index >= 15 is 0 Å². The predicted molar refractivity (Wildman–Crippen MR) is 85.4 cm³/mol. The van der Waals surface area contributed by atoms with Crippen LogP contribution in [-0.4, -0.2) is 17.4 Å². The molecule has 0 aromatic rings. The summed E-state index contributed by atoms with van der Waals surface area (Å²) in [5.41, 5.74) is 5.65. The topological polar surface area (TPSA) is 72.2 Å². The summed E-state index contributed by atoms with van der Waals surface area (Å²) in [5.74, 6) is -0.883. The number of nitrogens with one attached hydrogen (secondary N) is 1. The molecular formula is C17H28N2O2. The van der Waals surface area contributed by atoms with Crippen LogP contribution in [0, 0.1) is 11.8 Å². The lowest BCUT2D eigenvalue weighted by Gasteiger charge is -2.24. The molecule has 1 aliphatic rings. The highest BCUT2D eigenvalue weighted by atomic mass is 16.2. The van der Waals surface area contributed by atoms with Gasteiger partial charge in [0.25, 0.3) is 0 Å². The summed E-state index contributed by atoms with van der Waals surface area (Å²) >= 11 is 0. The van der Waals surface area contributed by atoms with Gasteiger partial charge in [0.05, 0.1) is 5.92 Å². The second-order valence-electron chi connectivity index (χ2n) is 6.85. The number of amides is 2. The van der Waals surface area contributed by atoms with Crippen LogP contribution < -0.4 is 11.1 Å². The maximum Gasteiger partial charge on any atom is 0.248 e. The average Bonchev–Trinajstić information content (AvgIpc) is 2.83. The number of hydrogen-bond donors (Lipinski definition) is 2. The number of nitrogens with two attached hydrogens (primary N) is 1. The van der Waals surface area contributed by atoms with Crippen molar-refractivity contribution in [3.8, 4) is 0 Å². The molecular weight excluding hydrogens is 264 g/mol. The lowest BCUT2D eigenvalue weighted by Crippen LogP contribution is -2.44. The Kier molecular flexibility index (Phi) is 6.19. The van der Waals surface area contributed by atoms with Gasteiger partial charge >= 0.3 is 0 Å². The van der Waals surface area contributed by atoms with Gasteiger partial charge in [-0.25, -0.2) is 0 Å². The molecule has 1 atom stereocenters. The summed E-state index contributed by atoms with van der Waals surface area (Å²) in [4.78, 5) is 24.3. The first kappa shape index (κ1) is 17.5. The minimum absolute atomic E-state index is 0.194. The largest absolute Gasteiger partial charge is 0.369 e. The van der Waals surface area contributed by atoms with Gasteiger partial charge in [-0.3, -0.25) is 9.59 Å². The second-order valence-corrected chi connectivity index (χ2v) is 6.85. The summed E-state index contributed by atoms with van der Waals surface area (Å²) in [6, 6.07) is 0. The van der Waals surface area contributed by atoms with Crippen LogP contribution in [-0.2, 0) is 9.59 Å². The monoisotopic (exact) mass is 292 g/mol. The molecule has 1 aliphatic carbocycles. The molecule has 0 saturated heterocycles. The average molecular weight is 292 g/mol. The van der Waals surface area contributed by atoms with Crippen molar-refractivity contribution in [2.24, 2.45) is 17.6 Å². The van der Waals surface area contributed by atoms with Crippen LogP contribution in [0.1, 0.15) is 52.9 Å². The van der Waals surface area contributed by atoms with Gasteiger partial charge < -0.3 is 11.1 Å². The molecule has 1 fully saturated rings. The van der Waals surface area contributed by atoms with Crippen LogP contribution in [0.5, 0.6) is 0 Å². The standard InChI is InChI=1S/C17H28N2O2/c1-5-8-13(15(18)20)14(11-12-9-6-7-10-12)16(21)19-17(2,3)4/h5,11-13H,1,6-10H2,2-4H3,(H2,18,20)(H,19,21)/b14-11-/t13-/m0/s1. The Balaban J connectivity index is 3.05. The third kappa shape index (κ3) is 5.74. The fourth-order valence-corrected chi connectivity index (χ4v) is 2.70. The van der Waals surface area contributed by atoms with Crippen molar-refractivity contribution in [3.05, 3.63) is 24.3 Å². The van der Waals surface area contributed by atoms with Crippen LogP contribution >= 0.6 is 0 Å². The van der Waals surface area contributed by atoms with Gasteiger partial charge in [0.1, 0.15) is 0 Å². The molecule has 0 aliphatic heterocycles. The van der Waals surface area contributed by atoms with Crippen molar-refractivity contribution in [1.82, 2.24) is 5.32 Å². The predicted octanol–water partition coefficient (Wildman–Crippen LogP) is 2.70. The third-order valence-electron chi connectivity index (χ3n) is 3.69. The number of carbonyl (C=O) groups excluding carboxylic acids is 2. The van der Waals surface area contributed by atoms with E-state index in [-0.39, 0.29) is 11.4 Å². The Labute approximate surface area is 127 Å².